The van der Waals surface area contributed by atoms with Crippen LogP contribution in [-0.2, 0) is 25.5 Å². The number of aryl methyl sites for hydroxylation is 4. The van der Waals surface area contributed by atoms with E-state index in [1.165, 1.54) is 22.3 Å². The van der Waals surface area contributed by atoms with E-state index in [0.29, 0.717) is 0 Å². The Bertz CT molecular complexity index is 2770. The summed E-state index contributed by atoms with van der Waals surface area (Å²) in [7, 11) is 0. The van der Waals surface area contributed by atoms with Crippen LogP contribution in [0, 0.1) is 39.8 Å². The molecule has 0 saturated carbocycles. The van der Waals surface area contributed by atoms with E-state index >= 15 is 0 Å². The molecular formula is C48H40IrN2O2-2. The second kappa shape index (κ2) is 14.2. The van der Waals surface area contributed by atoms with E-state index in [9.17, 15) is 0 Å². The molecule has 0 N–H and O–H groups in total. The molecule has 0 aliphatic carbocycles. The average molecular weight is 869 g/mol. The van der Waals surface area contributed by atoms with Crippen molar-refractivity contribution in [3.05, 3.63) is 155 Å². The third-order valence-electron chi connectivity index (χ3n) is 9.94. The Hall–Kier alpha value is -5.35. The molecule has 0 aliphatic rings. The number of hydrogen-bond donors (Lipinski definition) is 0. The first-order chi connectivity index (χ1) is 25.0. The van der Waals surface area contributed by atoms with E-state index in [0.717, 1.165) is 83.1 Å². The fraction of sp³-hybridized carbons (Fsp3) is 0.167. The number of para-hydroxylation sites is 2. The van der Waals surface area contributed by atoms with Crippen molar-refractivity contribution >= 4 is 43.9 Å². The van der Waals surface area contributed by atoms with Crippen molar-refractivity contribution in [1.29, 1.82) is 0 Å². The van der Waals surface area contributed by atoms with Gasteiger partial charge in [-0.05, 0) is 78.0 Å². The summed E-state index contributed by atoms with van der Waals surface area (Å²) in [6.45, 7) is 15.0. The van der Waals surface area contributed by atoms with Crippen LogP contribution < -0.4 is 0 Å². The third kappa shape index (κ3) is 6.83. The Labute approximate surface area is 324 Å². The van der Waals surface area contributed by atoms with E-state index in [-0.39, 0.29) is 25.5 Å². The monoisotopic (exact) mass is 869 g/mol. The first-order valence-electron chi connectivity index (χ1n) is 17.7. The smallest absolute Gasteiger partial charge is 0.147 e. The predicted octanol–water partition coefficient (Wildman–Crippen LogP) is 13.1. The van der Waals surface area contributed by atoms with Crippen molar-refractivity contribution < 1.29 is 28.9 Å². The molecule has 0 bridgehead atoms. The van der Waals surface area contributed by atoms with Crippen molar-refractivity contribution in [3.8, 4) is 33.6 Å². The van der Waals surface area contributed by atoms with Crippen molar-refractivity contribution in [3.63, 3.8) is 0 Å². The van der Waals surface area contributed by atoms with E-state index < -0.39 is 0 Å². The quantitative estimate of drug-likeness (QED) is 0.166. The molecule has 9 rings (SSSR count). The summed E-state index contributed by atoms with van der Waals surface area (Å²) in [5.74, 6) is 0. The number of rotatable bonds is 3. The molecule has 4 heterocycles. The molecule has 4 nitrogen and oxygen atoms in total. The molecule has 5 heteroatoms. The number of furan rings is 2. The summed E-state index contributed by atoms with van der Waals surface area (Å²) in [5, 5.41) is 4.28. The summed E-state index contributed by atoms with van der Waals surface area (Å²) in [6.07, 6.45) is 3.87. The van der Waals surface area contributed by atoms with Gasteiger partial charge in [0.2, 0.25) is 0 Å². The van der Waals surface area contributed by atoms with Crippen LogP contribution in [-0.4, -0.2) is 9.97 Å². The van der Waals surface area contributed by atoms with Crippen LogP contribution in [0.2, 0.25) is 0 Å². The molecular weight excluding hydrogens is 829 g/mol. The number of nitrogens with zero attached hydrogens (tertiary/aromatic N) is 2. The van der Waals surface area contributed by atoms with Crippen molar-refractivity contribution in [2.45, 2.75) is 53.9 Å². The van der Waals surface area contributed by atoms with Gasteiger partial charge in [0.15, 0.2) is 0 Å². The summed E-state index contributed by atoms with van der Waals surface area (Å²) in [6, 6.07) is 42.0. The molecule has 0 spiro atoms. The third-order valence-corrected chi connectivity index (χ3v) is 9.94. The maximum Gasteiger partial charge on any atom is 0.147 e. The van der Waals surface area contributed by atoms with E-state index in [1.54, 1.807) is 0 Å². The first-order valence-corrected chi connectivity index (χ1v) is 17.7. The number of benzene rings is 5. The molecule has 0 fully saturated rings. The zero-order chi connectivity index (χ0) is 36.1. The first kappa shape index (κ1) is 36.0. The van der Waals surface area contributed by atoms with Crippen LogP contribution in [0.3, 0.4) is 0 Å². The van der Waals surface area contributed by atoms with E-state index in [4.69, 9.17) is 13.8 Å². The van der Waals surface area contributed by atoms with Gasteiger partial charge in [-0.1, -0.05) is 81.8 Å². The number of hydrogen-bond acceptors (Lipinski definition) is 4. The van der Waals surface area contributed by atoms with Crippen LogP contribution in [0.1, 0.15) is 48.6 Å². The number of pyridine rings is 2. The van der Waals surface area contributed by atoms with Gasteiger partial charge in [-0.2, -0.15) is 0 Å². The van der Waals surface area contributed by atoms with Crippen LogP contribution in [0.5, 0.6) is 0 Å². The fourth-order valence-corrected chi connectivity index (χ4v) is 6.78. The molecule has 4 aromatic heterocycles. The van der Waals surface area contributed by atoms with Crippen LogP contribution in [0.4, 0.5) is 0 Å². The van der Waals surface area contributed by atoms with Gasteiger partial charge < -0.3 is 18.8 Å². The molecule has 0 saturated heterocycles. The number of aromatic nitrogens is 2. The Kier molecular flexibility index (Phi) is 9.67. The Morgan fingerprint density at radius 3 is 1.91 bits per heavy atom. The molecule has 0 amide bonds. The minimum atomic E-state index is 0. The zero-order valence-corrected chi connectivity index (χ0v) is 33.4. The second-order valence-electron chi connectivity index (χ2n) is 14.8. The van der Waals surface area contributed by atoms with Gasteiger partial charge in [0.1, 0.15) is 22.3 Å². The molecule has 0 unspecified atom stereocenters. The molecule has 0 aliphatic heterocycles. The summed E-state index contributed by atoms with van der Waals surface area (Å²) >= 11 is 0. The van der Waals surface area contributed by atoms with Crippen LogP contribution in [0.15, 0.2) is 124 Å². The van der Waals surface area contributed by atoms with Gasteiger partial charge in [-0.25, -0.2) is 0 Å². The normalized spacial score (nSPS) is 11.5. The molecule has 0 atom stereocenters. The van der Waals surface area contributed by atoms with Gasteiger partial charge in [-0.15, -0.1) is 70.8 Å². The second-order valence-corrected chi connectivity index (χ2v) is 14.8. The standard InChI is InChI=1S/C34H26NO2.C14H14N.Ir/c1-20-19-35-27(21-10-9-11-22(16-21)34(2,3)4)17-25(20)26-18-30-32(24-13-6-7-14-28(24)36-30)33-31(26)23-12-5-8-15-29(23)37-33;1-10-4-6-13(7-5-10)14-8-11(2)12(3)9-15-14;/h5-9,11-19H,1-4H3;4-6,8-9H,1-3H3;/q2*-1;. The van der Waals surface area contributed by atoms with Gasteiger partial charge in [0.25, 0.3) is 0 Å². The summed E-state index contributed by atoms with van der Waals surface area (Å²) < 4.78 is 12.9. The zero-order valence-electron chi connectivity index (χ0n) is 31.0. The average Bonchev–Trinajstić information content (AvgIpc) is 3.72. The van der Waals surface area contributed by atoms with Gasteiger partial charge in [0, 0.05) is 48.7 Å². The van der Waals surface area contributed by atoms with Crippen molar-refractivity contribution in [2.75, 3.05) is 0 Å². The topological polar surface area (TPSA) is 52.1 Å². The van der Waals surface area contributed by atoms with Crippen LogP contribution >= 0.6 is 0 Å². The molecule has 265 valence electrons. The van der Waals surface area contributed by atoms with Gasteiger partial charge in [0.05, 0.1) is 5.39 Å². The minimum absolute atomic E-state index is 0. The van der Waals surface area contributed by atoms with Gasteiger partial charge >= 0.3 is 0 Å². The number of fused-ring (bicyclic) bond motifs is 7. The Balaban J connectivity index is 0.000000229. The maximum atomic E-state index is 6.52. The SMILES string of the molecule is Cc1c[c-]c(-c2cc(C)c(C)cn2)cc1.Cc1cnc(-c2[c-]ccc(C(C)(C)C)c2)cc1-c1cc2oc3ccccc3c2c2oc3ccccc3c12.[Ir]. The summed E-state index contributed by atoms with van der Waals surface area (Å²) in [4.78, 5) is 9.21. The largest absolute Gasteiger partial charge is 0.456 e. The van der Waals surface area contributed by atoms with Crippen molar-refractivity contribution in [1.82, 2.24) is 9.97 Å². The summed E-state index contributed by atoms with van der Waals surface area (Å²) in [5.41, 5.74) is 15.7. The Morgan fingerprint density at radius 2 is 1.23 bits per heavy atom. The minimum Gasteiger partial charge on any atom is -0.456 e. The Morgan fingerprint density at radius 1 is 0.566 bits per heavy atom. The van der Waals surface area contributed by atoms with Crippen LogP contribution in [0.25, 0.3) is 77.5 Å². The maximum absolute atomic E-state index is 6.52. The molecule has 53 heavy (non-hydrogen) atoms. The van der Waals surface area contributed by atoms with Crippen molar-refractivity contribution in [2.24, 2.45) is 0 Å². The molecule has 5 aromatic carbocycles. The van der Waals surface area contributed by atoms with E-state index in [1.807, 2.05) is 54.9 Å². The predicted molar refractivity (Wildman–Crippen MR) is 215 cm³/mol. The fourth-order valence-electron chi connectivity index (χ4n) is 6.78. The molecule has 9 aromatic rings. The molecule has 1 radical (unpaired) electrons. The van der Waals surface area contributed by atoms with Gasteiger partial charge in [-0.3, -0.25) is 0 Å². The van der Waals surface area contributed by atoms with E-state index in [2.05, 4.69) is 126 Å².